The Labute approximate surface area is 151 Å². The summed E-state index contributed by atoms with van der Waals surface area (Å²) in [4.78, 5) is 12.2. The molecule has 7 heteroatoms. The number of anilines is 1. The minimum atomic E-state index is -3.72. The summed E-state index contributed by atoms with van der Waals surface area (Å²) in [5.74, 6) is 0. The van der Waals surface area contributed by atoms with Gasteiger partial charge < -0.3 is 0 Å². The largest absolute Gasteiger partial charge is 0.308 e. The van der Waals surface area contributed by atoms with Gasteiger partial charge in [0.2, 0.25) is 0 Å². The Morgan fingerprint density at radius 2 is 1.68 bits per heavy atom. The second kappa shape index (κ2) is 6.31. The third-order valence-corrected chi connectivity index (χ3v) is 6.18. The molecule has 0 fully saturated rings. The van der Waals surface area contributed by atoms with Gasteiger partial charge in [-0.3, -0.25) is 14.1 Å². The molecule has 1 heterocycles. The Kier molecular flexibility index (Phi) is 4.47. The first-order valence-corrected chi connectivity index (χ1v) is 10.2. The van der Waals surface area contributed by atoms with Crippen LogP contribution in [-0.2, 0) is 10.0 Å². The van der Waals surface area contributed by atoms with Gasteiger partial charge in [-0.25, -0.2) is 8.42 Å². The van der Waals surface area contributed by atoms with Gasteiger partial charge in [-0.2, -0.15) is 0 Å². The van der Waals surface area contributed by atoms with Gasteiger partial charge in [0.05, 0.1) is 15.1 Å². The van der Waals surface area contributed by atoms with Crippen molar-refractivity contribution in [2.45, 2.75) is 38.6 Å². The summed E-state index contributed by atoms with van der Waals surface area (Å²) >= 11 is 1.06. The molecule has 1 N–H and O–H groups in total. The van der Waals surface area contributed by atoms with E-state index in [1.54, 1.807) is 34.9 Å². The van der Waals surface area contributed by atoms with E-state index in [1.165, 1.54) is 0 Å². The van der Waals surface area contributed by atoms with Gasteiger partial charge in [0.25, 0.3) is 10.0 Å². The van der Waals surface area contributed by atoms with Crippen LogP contribution in [-0.4, -0.2) is 13.0 Å². The van der Waals surface area contributed by atoms with E-state index in [0.29, 0.717) is 10.4 Å². The highest BCUT2D eigenvalue weighted by molar-refractivity contribution is 7.92. The second-order valence-corrected chi connectivity index (χ2v) is 9.12. The lowest BCUT2D eigenvalue weighted by Crippen LogP contribution is -2.15. The van der Waals surface area contributed by atoms with Crippen molar-refractivity contribution >= 4 is 37.3 Å². The van der Waals surface area contributed by atoms with Crippen LogP contribution in [0.2, 0.25) is 0 Å². The van der Waals surface area contributed by atoms with Crippen molar-refractivity contribution in [3.05, 3.63) is 57.2 Å². The van der Waals surface area contributed by atoms with Crippen LogP contribution in [0.5, 0.6) is 0 Å². The fourth-order valence-corrected chi connectivity index (χ4v) is 5.11. The first kappa shape index (κ1) is 17.7. The van der Waals surface area contributed by atoms with Crippen molar-refractivity contribution in [2.24, 2.45) is 0 Å². The molecule has 0 atom stereocenters. The summed E-state index contributed by atoms with van der Waals surface area (Å²) in [6, 6.07) is 10.4. The molecule has 0 spiro atoms. The SMILES string of the molecule is Cc1cc(C)cc(NS(=O)(=O)c2ccc3c(c2)sc(=O)n3C(C)C)c1. The number of sulfonamides is 1. The second-order valence-electron chi connectivity index (χ2n) is 6.44. The van der Waals surface area contributed by atoms with Gasteiger partial charge >= 0.3 is 4.87 Å². The van der Waals surface area contributed by atoms with E-state index >= 15 is 0 Å². The van der Waals surface area contributed by atoms with Crippen LogP contribution in [0.4, 0.5) is 5.69 Å². The lowest BCUT2D eigenvalue weighted by molar-refractivity contribution is 0.601. The minimum absolute atomic E-state index is 0.0251. The molecule has 0 aliphatic rings. The third-order valence-electron chi connectivity index (χ3n) is 3.89. The highest BCUT2D eigenvalue weighted by Gasteiger charge is 2.18. The van der Waals surface area contributed by atoms with Crippen molar-refractivity contribution < 1.29 is 8.42 Å². The molecule has 132 valence electrons. The lowest BCUT2D eigenvalue weighted by Gasteiger charge is -2.11. The maximum atomic E-state index is 12.7. The van der Waals surface area contributed by atoms with Gasteiger partial charge in [0, 0.05) is 11.7 Å². The minimum Gasteiger partial charge on any atom is -0.296 e. The van der Waals surface area contributed by atoms with Crippen molar-refractivity contribution in [1.82, 2.24) is 4.57 Å². The van der Waals surface area contributed by atoms with E-state index < -0.39 is 10.0 Å². The van der Waals surface area contributed by atoms with Crippen molar-refractivity contribution in [1.29, 1.82) is 0 Å². The monoisotopic (exact) mass is 376 g/mol. The number of thiazole rings is 1. The van der Waals surface area contributed by atoms with Crippen molar-refractivity contribution in [3.8, 4) is 0 Å². The van der Waals surface area contributed by atoms with Crippen LogP contribution >= 0.6 is 11.3 Å². The zero-order valence-corrected chi connectivity index (χ0v) is 16.2. The fraction of sp³-hybridized carbons (Fsp3) is 0.278. The zero-order valence-electron chi connectivity index (χ0n) is 14.5. The summed E-state index contributed by atoms with van der Waals surface area (Å²) in [6.07, 6.45) is 0. The molecule has 0 radical (unpaired) electrons. The molecule has 5 nitrogen and oxygen atoms in total. The van der Waals surface area contributed by atoms with E-state index in [2.05, 4.69) is 4.72 Å². The molecule has 3 aromatic rings. The molecular formula is C18H20N2O3S2. The topological polar surface area (TPSA) is 68.2 Å². The first-order chi connectivity index (χ1) is 11.7. The van der Waals surface area contributed by atoms with Crippen LogP contribution in [0.25, 0.3) is 10.2 Å². The van der Waals surface area contributed by atoms with Gasteiger partial charge in [0.15, 0.2) is 0 Å². The molecule has 0 saturated heterocycles. The highest BCUT2D eigenvalue weighted by Crippen LogP contribution is 2.25. The lowest BCUT2D eigenvalue weighted by atomic mass is 10.1. The van der Waals surface area contributed by atoms with E-state index in [9.17, 15) is 13.2 Å². The quantitative estimate of drug-likeness (QED) is 0.746. The standard InChI is InChI=1S/C18H20N2O3S2/c1-11(2)20-16-6-5-15(10-17(16)24-18(20)21)25(22,23)19-14-8-12(3)7-13(4)9-14/h5-11,19H,1-4H3. The number of aromatic nitrogens is 1. The first-order valence-electron chi connectivity index (χ1n) is 7.93. The van der Waals surface area contributed by atoms with E-state index in [4.69, 9.17) is 0 Å². The van der Waals surface area contributed by atoms with Crippen LogP contribution in [0.1, 0.15) is 31.0 Å². The number of hydrogen-bond donors (Lipinski definition) is 1. The van der Waals surface area contributed by atoms with Crippen molar-refractivity contribution in [3.63, 3.8) is 0 Å². The van der Waals surface area contributed by atoms with Crippen LogP contribution in [0.3, 0.4) is 0 Å². The number of aryl methyl sites for hydroxylation is 2. The van der Waals surface area contributed by atoms with E-state index in [0.717, 1.165) is 28.0 Å². The summed E-state index contributed by atoms with van der Waals surface area (Å²) in [7, 11) is -3.72. The molecule has 0 aliphatic heterocycles. The molecule has 0 saturated carbocycles. The Bertz CT molecular complexity index is 1090. The normalized spacial score (nSPS) is 12.0. The Balaban J connectivity index is 2.04. The Morgan fingerprint density at radius 3 is 2.28 bits per heavy atom. The molecule has 1 aromatic heterocycles. The summed E-state index contributed by atoms with van der Waals surface area (Å²) < 4.78 is 30.4. The van der Waals surface area contributed by atoms with E-state index in [-0.39, 0.29) is 15.8 Å². The van der Waals surface area contributed by atoms with Gasteiger partial charge in [-0.1, -0.05) is 17.4 Å². The Morgan fingerprint density at radius 1 is 1.04 bits per heavy atom. The van der Waals surface area contributed by atoms with Gasteiger partial charge in [0.1, 0.15) is 0 Å². The van der Waals surface area contributed by atoms with Gasteiger partial charge in [-0.15, -0.1) is 0 Å². The smallest absolute Gasteiger partial charge is 0.296 e. The molecule has 0 amide bonds. The number of fused-ring (bicyclic) bond motifs is 1. The van der Waals surface area contributed by atoms with Crippen molar-refractivity contribution in [2.75, 3.05) is 4.72 Å². The summed E-state index contributed by atoms with van der Waals surface area (Å²) in [6.45, 7) is 7.70. The fourth-order valence-electron chi connectivity index (χ4n) is 2.92. The number of nitrogens with zero attached hydrogens (tertiary/aromatic N) is 1. The molecular weight excluding hydrogens is 356 g/mol. The predicted octanol–water partition coefficient (Wildman–Crippen LogP) is 4.06. The van der Waals surface area contributed by atoms with E-state index in [1.807, 2.05) is 33.8 Å². The summed E-state index contributed by atoms with van der Waals surface area (Å²) in [5.41, 5.74) is 3.27. The highest BCUT2D eigenvalue weighted by atomic mass is 32.2. The number of benzene rings is 2. The average molecular weight is 377 g/mol. The molecule has 25 heavy (non-hydrogen) atoms. The van der Waals surface area contributed by atoms with Crippen LogP contribution in [0.15, 0.2) is 46.1 Å². The maximum Gasteiger partial charge on any atom is 0.308 e. The molecule has 0 aliphatic carbocycles. The Hall–Kier alpha value is -2.12. The molecule has 0 bridgehead atoms. The predicted molar refractivity (Wildman–Crippen MR) is 103 cm³/mol. The average Bonchev–Trinajstić information content (AvgIpc) is 2.80. The van der Waals surface area contributed by atoms with Crippen LogP contribution in [0, 0.1) is 13.8 Å². The van der Waals surface area contributed by atoms with Crippen LogP contribution < -0.4 is 9.60 Å². The number of rotatable bonds is 4. The molecule has 0 unspecified atom stereocenters. The summed E-state index contributed by atoms with van der Waals surface area (Å²) in [5, 5.41) is 0. The molecule has 2 aromatic carbocycles. The number of hydrogen-bond acceptors (Lipinski definition) is 4. The maximum absolute atomic E-state index is 12.7. The van der Waals surface area contributed by atoms with Gasteiger partial charge in [-0.05, 0) is 69.2 Å². The molecule has 3 rings (SSSR count). The third kappa shape index (κ3) is 3.48. The zero-order chi connectivity index (χ0) is 18.4. The number of nitrogens with one attached hydrogen (secondary N) is 1.